The third-order valence-corrected chi connectivity index (χ3v) is 4.56. The molecule has 1 heterocycles. The molecule has 0 saturated heterocycles. The highest BCUT2D eigenvalue weighted by Gasteiger charge is 2.17. The predicted molar refractivity (Wildman–Crippen MR) is 112 cm³/mol. The quantitative estimate of drug-likeness (QED) is 0.506. The second-order valence-electron chi connectivity index (χ2n) is 6.65. The molecule has 1 aromatic heterocycles. The summed E-state index contributed by atoms with van der Waals surface area (Å²) in [5.41, 5.74) is 2.30. The maximum Gasteiger partial charge on any atom is 0.289 e. The van der Waals surface area contributed by atoms with Gasteiger partial charge in [-0.2, -0.15) is 0 Å². The molecule has 1 amide bonds. The molecule has 0 fully saturated rings. The SMILES string of the molecule is CC(NC(=O)c1nc(Nc2ccc(F)cc2)c2ccccc2n1)c1ccccc1. The first-order valence-corrected chi connectivity index (χ1v) is 9.25. The number of benzene rings is 3. The molecule has 2 N–H and O–H groups in total. The van der Waals surface area contributed by atoms with Crippen molar-refractivity contribution in [1.29, 1.82) is 0 Å². The van der Waals surface area contributed by atoms with Crippen LogP contribution in [0.2, 0.25) is 0 Å². The lowest BCUT2D eigenvalue weighted by atomic mass is 10.1. The van der Waals surface area contributed by atoms with Crippen LogP contribution in [0.25, 0.3) is 10.9 Å². The van der Waals surface area contributed by atoms with Gasteiger partial charge in [0.05, 0.1) is 11.6 Å². The molecule has 0 radical (unpaired) electrons. The number of fused-ring (bicyclic) bond motifs is 1. The van der Waals surface area contributed by atoms with Gasteiger partial charge >= 0.3 is 0 Å². The van der Waals surface area contributed by atoms with E-state index in [2.05, 4.69) is 20.6 Å². The predicted octanol–water partition coefficient (Wildman–Crippen LogP) is 5.00. The Kier molecular flexibility index (Phi) is 5.16. The van der Waals surface area contributed by atoms with Gasteiger partial charge in [0.2, 0.25) is 5.82 Å². The fourth-order valence-electron chi connectivity index (χ4n) is 3.03. The van der Waals surface area contributed by atoms with Crippen molar-refractivity contribution in [3.63, 3.8) is 0 Å². The number of carbonyl (C=O) groups excluding carboxylic acids is 1. The largest absolute Gasteiger partial charge is 0.343 e. The summed E-state index contributed by atoms with van der Waals surface area (Å²) in [6, 6.07) is 22.9. The van der Waals surface area contributed by atoms with E-state index < -0.39 is 0 Å². The number of para-hydroxylation sites is 1. The zero-order chi connectivity index (χ0) is 20.2. The van der Waals surface area contributed by atoms with Crippen LogP contribution >= 0.6 is 0 Å². The molecule has 0 aliphatic heterocycles. The van der Waals surface area contributed by atoms with Crippen LogP contribution in [-0.4, -0.2) is 15.9 Å². The Bertz CT molecular complexity index is 1150. The van der Waals surface area contributed by atoms with E-state index in [0.717, 1.165) is 10.9 Å². The van der Waals surface area contributed by atoms with Crippen LogP contribution in [0.5, 0.6) is 0 Å². The molecule has 0 bridgehead atoms. The number of halogens is 1. The first-order chi connectivity index (χ1) is 14.1. The number of hydrogen-bond acceptors (Lipinski definition) is 4. The van der Waals surface area contributed by atoms with Crippen LogP contribution in [0, 0.1) is 5.82 Å². The second-order valence-corrected chi connectivity index (χ2v) is 6.65. The van der Waals surface area contributed by atoms with Crippen LogP contribution in [0.1, 0.15) is 29.1 Å². The van der Waals surface area contributed by atoms with Crippen LogP contribution in [0.3, 0.4) is 0 Å². The summed E-state index contributed by atoms with van der Waals surface area (Å²) in [4.78, 5) is 21.7. The van der Waals surface area contributed by atoms with E-state index in [1.165, 1.54) is 12.1 Å². The van der Waals surface area contributed by atoms with E-state index in [9.17, 15) is 9.18 Å². The van der Waals surface area contributed by atoms with Gasteiger partial charge in [0.1, 0.15) is 11.6 Å². The van der Waals surface area contributed by atoms with E-state index >= 15 is 0 Å². The molecule has 1 atom stereocenters. The smallest absolute Gasteiger partial charge is 0.289 e. The number of carbonyl (C=O) groups is 1. The van der Waals surface area contributed by atoms with Gasteiger partial charge in [-0.15, -0.1) is 0 Å². The summed E-state index contributed by atoms with van der Waals surface area (Å²) in [5, 5.41) is 6.86. The van der Waals surface area contributed by atoms with Gasteiger partial charge in [0, 0.05) is 11.1 Å². The van der Waals surface area contributed by atoms with Gasteiger partial charge in [-0.25, -0.2) is 14.4 Å². The molecule has 4 rings (SSSR count). The third-order valence-electron chi connectivity index (χ3n) is 4.56. The molecule has 29 heavy (non-hydrogen) atoms. The van der Waals surface area contributed by atoms with Gasteiger partial charge < -0.3 is 10.6 Å². The summed E-state index contributed by atoms with van der Waals surface area (Å²) in [6.07, 6.45) is 0. The number of aromatic nitrogens is 2. The minimum Gasteiger partial charge on any atom is -0.343 e. The molecule has 0 spiro atoms. The Morgan fingerprint density at radius 1 is 0.897 bits per heavy atom. The molecule has 6 heteroatoms. The zero-order valence-corrected chi connectivity index (χ0v) is 15.8. The highest BCUT2D eigenvalue weighted by molar-refractivity contribution is 5.97. The van der Waals surface area contributed by atoms with Gasteiger partial charge in [-0.05, 0) is 48.9 Å². The van der Waals surface area contributed by atoms with E-state index in [0.29, 0.717) is 17.0 Å². The highest BCUT2D eigenvalue weighted by atomic mass is 19.1. The van der Waals surface area contributed by atoms with Crippen molar-refractivity contribution >= 4 is 28.3 Å². The summed E-state index contributed by atoms with van der Waals surface area (Å²) in [7, 11) is 0. The molecule has 1 unspecified atom stereocenters. The van der Waals surface area contributed by atoms with Gasteiger partial charge in [0.25, 0.3) is 5.91 Å². The maximum absolute atomic E-state index is 13.2. The van der Waals surface area contributed by atoms with Crippen molar-refractivity contribution in [3.05, 3.63) is 96.1 Å². The number of nitrogens with one attached hydrogen (secondary N) is 2. The van der Waals surface area contributed by atoms with Gasteiger partial charge in [-0.1, -0.05) is 42.5 Å². The highest BCUT2D eigenvalue weighted by Crippen LogP contribution is 2.24. The van der Waals surface area contributed by atoms with E-state index in [1.807, 2.05) is 61.5 Å². The van der Waals surface area contributed by atoms with Crippen molar-refractivity contribution < 1.29 is 9.18 Å². The topological polar surface area (TPSA) is 66.9 Å². The number of amides is 1. The minimum atomic E-state index is -0.366. The fraction of sp³-hybridized carbons (Fsp3) is 0.0870. The molecule has 0 aliphatic rings. The molecule has 144 valence electrons. The molecular formula is C23H19FN4O. The second kappa shape index (κ2) is 8.06. The first-order valence-electron chi connectivity index (χ1n) is 9.25. The molecule has 4 aromatic rings. The lowest BCUT2D eigenvalue weighted by molar-refractivity contribution is 0.0930. The lowest BCUT2D eigenvalue weighted by Crippen LogP contribution is -2.28. The first kappa shape index (κ1) is 18.6. The molecule has 0 aliphatic carbocycles. The maximum atomic E-state index is 13.2. The standard InChI is InChI=1S/C23H19FN4O/c1-15(16-7-3-2-4-8-16)25-23(29)22-27-20-10-6-5-9-19(20)21(28-22)26-18-13-11-17(24)12-14-18/h2-15H,1H3,(H,25,29)(H,26,27,28). The van der Waals surface area contributed by atoms with Crippen LogP contribution in [-0.2, 0) is 0 Å². The molecule has 5 nitrogen and oxygen atoms in total. The Hall–Kier alpha value is -3.80. The minimum absolute atomic E-state index is 0.0658. The average Bonchev–Trinajstić information content (AvgIpc) is 2.75. The van der Waals surface area contributed by atoms with E-state index in [1.54, 1.807) is 12.1 Å². The molecular weight excluding hydrogens is 367 g/mol. The lowest BCUT2D eigenvalue weighted by Gasteiger charge is -2.15. The number of rotatable bonds is 5. The molecule has 3 aromatic carbocycles. The van der Waals surface area contributed by atoms with Gasteiger partial charge in [0.15, 0.2) is 0 Å². The Labute approximate surface area is 167 Å². The third kappa shape index (κ3) is 4.21. The number of anilines is 2. The van der Waals surface area contributed by atoms with Crippen LogP contribution in [0.15, 0.2) is 78.9 Å². The summed E-state index contributed by atoms with van der Waals surface area (Å²) >= 11 is 0. The van der Waals surface area contributed by atoms with Crippen molar-refractivity contribution in [3.8, 4) is 0 Å². The summed E-state index contributed by atoms with van der Waals surface area (Å²) < 4.78 is 13.2. The van der Waals surface area contributed by atoms with Crippen molar-refractivity contribution in [2.75, 3.05) is 5.32 Å². The van der Waals surface area contributed by atoms with Crippen molar-refractivity contribution in [1.82, 2.24) is 15.3 Å². The van der Waals surface area contributed by atoms with E-state index in [-0.39, 0.29) is 23.6 Å². The Morgan fingerprint density at radius 3 is 2.34 bits per heavy atom. The average molecular weight is 386 g/mol. The Balaban J connectivity index is 1.66. The molecule has 0 saturated carbocycles. The monoisotopic (exact) mass is 386 g/mol. The van der Waals surface area contributed by atoms with Crippen LogP contribution < -0.4 is 10.6 Å². The summed E-state index contributed by atoms with van der Waals surface area (Å²) in [6.45, 7) is 1.91. The number of hydrogen-bond donors (Lipinski definition) is 2. The normalized spacial score (nSPS) is 11.8. The number of nitrogens with zero attached hydrogens (tertiary/aromatic N) is 2. The van der Waals surface area contributed by atoms with Crippen molar-refractivity contribution in [2.45, 2.75) is 13.0 Å². The van der Waals surface area contributed by atoms with Gasteiger partial charge in [-0.3, -0.25) is 4.79 Å². The van der Waals surface area contributed by atoms with Crippen LogP contribution in [0.4, 0.5) is 15.9 Å². The van der Waals surface area contributed by atoms with Crippen molar-refractivity contribution in [2.24, 2.45) is 0 Å². The fourth-order valence-corrected chi connectivity index (χ4v) is 3.03. The zero-order valence-electron chi connectivity index (χ0n) is 15.8. The van der Waals surface area contributed by atoms with E-state index in [4.69, 9.17) is 0 Å². The Morgan fingerprint density at radius 2 is 1.59 bits per heavy atom. The summed E-state index contributed by atoms with van der Waals surface area (Å²) in [5.74, 6) is -0.136.